The monoisotopic (exact) mass is 383 g/mol. The number of esters is 1. The van der Waals surface area contributed by atoms with Crippen molar-refractivity contribution in [2.75, 3.05) is 13.7 Å². The fraction of sp³-hybridized carbons (Fsp3) is 0.391. The van der Waals surface area contributed by atoms with E-state index in [1.54, 1.807) is 24.1 Å². The molecule has 0 heterocycles. The highest BCUT2D eigenvalue weighted by Crippen LogP contribution is 2.42. The molecule has 0 saturated heterocycles. The number of likely N-dealkylation sites (N-methyl/N-ethyl adjacent to an activating group) is 1. The summed E-state index contributed by atoms with van der Waals surface area (Å²) in [6.07, 6.45) is 3.13. The zero-order valence-corrected chi connectivity index (χ0v) is 16.4. The molecule has 1 saturated carbocycles. The molecule has 0 spiro atoms. The van der Waals surface area contributed by atoms with Crippen LogP contribution in [0.15, 0.2) is 54.6 Å². The molecule has 1 atom stereocenters. The third-order valence-corrected chi connectivity index (χ3v) is 5.83. The minimum Gasteiger partial charge on any atom is -0.455 e. The lowest BCUT2D eigenvalue weighted by Crippen LogP contribution is -2.39. The second-order valence-corrected chi connectivity index (χ2v) is 7.46. The van der Waals surface area contributed by atoms with Gasteiger partial charge in [-0.15, -0.1) is 0 Å². The lowest BCUT2D eigenvalue weighted by Gasteiger charge is -2.29. The van der Waals surface area contributed by atoms with Gasteiger partial charge >= 0.3 is 5.97 Å². The van der Waals surface area contributed by atoms with Gasteiger partial charge in [-0.1, -0.05) is 55.3 Å². The molecule has 0 radical (unpaired) electrons. The Balaban J connectivity index is 1.66. The Kier molecular flexibility index (Phi) is 6.12. The van der Waals surface area contributed by atoms with Crippen LogP contribution in [0.4, 0.5) is 4.39 Å². The molecule has 2 aromatic rings. The summed E-state index contributed by atoms with van der Waals surface area (Å²) in [7, 11) is 1.71. The Bertz CT molecular complexity index is 814. The van der Waals surface area contributed by atoms with Gasteiger partial charge in [0.25, 0.3) is 5.91 Å². The van der Waals surface area contributed by atoms with Crippen molar-refractivity contribution in [3.63, 3.8) is 0 Å². The Morgan fingerprint density at radius 3 is 2.29 bits per heavy atom. The number of halogens is 1. The maximum absolute atomic E-state index is 13.3. The highest BCUT2D eigenvalue weighted by molar-refractivity contribution is 5.86. The molecule has 148 valence electrons. The molecule has 0 bridgehead atoms. The van der Waals surface area contributed by atoms with Crippen molar-refractivity contribution < 1.29 is 18.7 Å². The summed E-state index contributed by atoms with van der Waals surface area (Å²) in [5, 5.41) is 0. The first-order valence-electron chi connectivity index (χ1n) is 9.68. The van der Waals surface area contributed by atoms with Gasteiger partial charge in [0.05, 0.1) is 11.5 Å². The smallest absolute Gasteiger partial charge is 0.317 e. The topological polar surface area (TPSA) is 46.6 Å². The normalized spacial score (nSPS) is 16.4. The highest BCUT2D eigenvalue weighted by atomic mass is 19.1. The van der Waals surface area contributed by atoms with Crippen LogP contribution in [0.2, 0.25) is 0 Å². The summed E-state index contributed by atoms with van der Waals surface area (Å²) in [6.45, 7) is 1.64. The minimum absolute atomic E-state index is 0.120. The number of carbonyl (C=O) groups is 2. The van der Waals surface area contributed by atoms with Crippen LogP contribution in [-0.2, 0) is 19.7 Å². The molecule has 4 nitrogen and oxygen atoms in total. The maximum Gasteiger partial charge on any atom is 0.317 e. The van der Waals surface area contributed by atoms with Crippen LogP contribution in [0.5, 0.6) is 0 Å². The van der Waals surface area contributed by atoms with E-state index in [0.717, 1.165) is 24.0 Å². The lowest BCUT2D eigenvalue weighted by molar-refractivity contribution is -0.157. The Labute approximate surface area is 165 Å². The number of rotatable bonds is 6. The summed E-state index contributed by atoms with van der Waals surface area (Å²) >= 11 is 0. The van der Waals surface area contributed by atoms with E-state index in [4.69, 9.17) is 4.74 Å². The van der Waals surface area contributed by atoms with Gasteiger partial charge in [-0.3, -0.25) is 9.59 Å². The maximum atomic E-state index is 13.3. The quantitative estimate of drug-likeness (QED) is 0.695. The van der Waals surface area contributed by atoms with Crippen LogP contribution < -0.4 is 0 Å². The van der Waals surface area contributed by atoms with Crippen molar-refractivity contribution in [3.8, 4) is 0 Å². The highest BCUT2D eigenvalue weighted by Gasteiger charge is 2.44. The SMILES string of the molecule is C[C@H](c1ccccc1)N(C)C(=O)COC(=O)C1(c2ccc(F)cc2)CCCC1. The van der Waals surface area contributed by atoms with Gasteiger partial charge < -0.3 is 9.64 Å². The van der Waals surface area contributed by atoms with Crippen molar-refractivity contribution >= 4 is 11.9 Å². The van der Waals surface area contributed by atoms with E-state index in [-0.39, 0.29) is 24.4 Å². The fourth-order valence-corrected chi connectivity index (χ4v) is 3.90. The zero-order valence-electron chi connectivity index (χ0n) is 16.4. The molecule has 1 aliphatic carbocycles. The van der Waals surface area contributed by atoms with Crippen molar-refractivity contribution in [1.29, 1.82) is 0 Å². The second kappa shape index (κ2) is 8.55. The van der Waals surface area contributed by atoms with Crippen LogP contribution in [0.25, 0.3) is 0 Å². The standard InChI is InChI=1S/C23H26FNO3/c1-17(18-8-4-3-5-9-18)25(2)21(26)16-28-22(27)23(14-6-7-15-23)19-10-12-20(24)13-11-19/h3-5,8-13,17H,6-7,14-16H2,1-2H3/t17-/m1/s1. The number of hydrogen-bond donors (Lipinski definition) is 0. The molecule has 2 aromatic carbocycles. The molecule has 28 heavy (non-hydrogen) atoms. The third-order valence-electron chi connectivity index (χ3n) is 5.83. The Morgan fingerprint density at radius 2 is 1.68 bits per heavy atom. The first-order chi connectivity index (χ1) is 13.4. The van der Waals surface area contributed by atoms with Gasteiger partial charge in [0.15, 0.2) is 6.61 Å². The summed E-state index contributed by atoms with van der Waals surface area (Å²) in [5.41, 5.74) is 0.996. The summed E-state index contributed by atoms with van der Waals surface area (Å²) in [5.74, 6) is -0.986. The number of benzene rings is 2. The second-order valence-electron chi connectivity index (χ2n) is 7.46. The predicted octanol–water partition coefficient (Wildman–Crippen LogP) is 4.40. The van der Waals surface area contributed by atoms with Crippen LogP contribution in [0, 0.1) is 5.82 Å². The molecule has 1 aliphatic rings. The van der Waals surface area contributed by atoms with E-state index >= 15 is 0 Å². The van der Waals surface area contributed by atoms with Gasteiger partial charge in [-0.25, -0.2) is 4.39 Å². The van der Waals surface area contributed by atoms with Crippen molar-refractivity contribution in [2.45, 2.75) is 44.1 Å². The van der Waals surface area contributed by atoms with E-state index in [0.29, 0.717) is 12.8 Å². The molecule has 3 rings (SSSR count). The number of amides is 1. The predicted molar refractivity (Wildman–Crippen MR) is 105 cm³/mol. The molecular formula is C23H26FNO3. The van der Waals surface area contributed by atoms with Crippen molar-refractivity contribution in [3.05, 3.63) is 71.5 Å². The van der Waals surface area contributed by atoms with Gasteiger partial charge in [0.2, 0.25) is 0 Å². The average Bonchev–Trinajstić information content (AvgIpc) is 3.23. The summed E-state index contributed by atoms with van der Waals surface area (Å²) in [4.78, 5) is 27.1. The van der Waals surface area contributed by atoms with Crippen LogP contribution in [0.1, 0.15) is 49.8 Å². The zero-order chi connectivity index (χ0) is 20.1. The van der Waals surface area contributed by atoms with Gasteiger partial charge in [0.1, 0.15) is 5.82 Å². The molecule has 5 heteroatoms. The first-order valence-corrected chi connectivity index (χ1v) is 9.68. The minimum atomic E-state index is -0.780. The number of nitrogens with zero attached hydrogens (tertiary/aromatic N) is 1. The average molecular weight is 383 g/mol. The molecule has 1 fully saturated rings. The van der Waals surface area contributed by atoms with E-state index < -0.39 is 11.4 Å². The summed E-state index contributed by atoms with van der Waals surface area (Å²) in [6, 6.07) is 15.6. The van der Waals surface area contributed by atoms with Crippen LogP contribution in [-0.4, -0.2) is 30.4 Å². The third kappa shape index (κ3) is 4.08. The van der Waals surface area contributed by atoms with Crippen LogP contribution >= 0.6 is 0 Å². The molecule has 0 aliphatic heterocycles. The Hall–Kier alpha value is -2.69. The molecule has 1 amide bonds. The van der Waals surface area contributed by atoms with Crippen molar-refractivity contribution in [1.82, 2.24) is 4.90 Å². The lowest BCUT2D eigenvalue weighted by atomic mass is 9.79. The van der Waals surface area contributed by atoms with Gasteiger partial charge in [-0.2, -0.15) is 0 Å². The molecule has 0 N–H and O–H groups in total. The molecule has 0 unspecified atom stereocenters. The van der Waals surface area contributed by atoms with Gasteiger partial charge in [0, 0.05) is 7.05 Å². The summed E-state index contributed by atoms with van der Waals surface area (Å²) < 4.78 is 18.8. The van der Waals surface area contributed by atoms with E-state index in [1.165, 1.54) is 12.1 Å². The Morgan fingerprint density at radius 1 is 1.07 bits per heavy atom. The number of ether oxygens (including phenoxy) is 1. The van der Waals surface area contributed by atoms with Crippen molar-refractivity contribution in [2.24, 2.45) is 0 Å². The number of hydrogen-bond acceptors (Lipinski definition) is 3. The fourth-order valence-electron chi connectivity index (χ4n) is 3.90. The van der Waals surface area contributed by atoms with Crippen LogP contribution in [0.3, 0.4) is 0 Å². The largest absolute Gasteiger partial charge is 0.455 e. The van der Waals surface area contributed by atoms with E-state index in [2.05, 4.69) is 0 Å². The molecular weight excluding hydrogens is 357 g/mol. The van der Waals surface area contributed by atoms with E-state index in [1.807, 2.05) is 37.3 Å². The molecule has 0 aromatic heterocycles. The first kappa shape index (κ1) is 20.1. The van der Waals surface area contributed by atoms with Gasteiger partial charge in [-0.05, 0) is 43.0 Å². The van der Waals surface area contributed by atoms with E-state index in [9.17, 15) is 14.0 Å². The number of carbonyl (C=O) groups excluding carboxylic acids is 2.